The topological polar surface area (TPSA) is 38.0 Å². The number of nitrogens with one attached hydrogen (secondary N) is 1. The molecule has 2 nitrogen and oxygen atoms in total. The molecule has 0 saturated carbocycles. The van der Waals surface area contributed by atoms with Gasteiger partial charge in [0, 0.05) is 22.0 Å². The van der Waals surface area contributed by atoms with Crippen molar-refractivity contribution in [2.45, 2.75) is 0 Å². The van der Waals surface area contributed by atoms with Crippen LogP contribution in [0.2, 0.25) is 0 Å². The number of benzene rings is 2. The van der Waals surface area contributed by atoms with Crippen LogP contribution in [0.25, 0.3) is 10.8 Å². The van der Waals surface area contributed by atoms with Gasteiger partial charge in [0.1, 0.15) is 0 Å². The maximum atomic E-state index is 5.51. The molecule has 0 aliphatic carbocycles. The lowest BCUT2D eigenvalue weighted by Crippen LogP contribution is -2.13. The van der Waals surface area contributed by atoms with Crippen LogP contribution < -0.4 is 11.1 Å². The molecule has 0 radical (unpaired) electrons. The molecule has 0 aliphatic rings. The molecule has 2 rings (SSSR count). The average Bonchev–Trinajstić information content (AvgIpc) is 2.28. The fraction of sp³-hybridized carbons (Fsp3) is 0.167. The van der Waals surface area contributed by atoms with E-state index in [1.807, 2.05) is 0 Å². The monoisotopic (exact) mass is 312 g/mol. The van der Waals surface area contributed by atoms with Crippen LogP contribution in [0.4, 0.5) is 5.69 Å². The van der Waals surface area contributed by atoms with Gasteiger partial charge in [-0.1, -0.05) is 30.3 Å². The van der Waals surface area contributed by atoms with Crippen molar-refractivity contribution in [2.75, 3.05) is 18.4 Å². The van der Waals surface area contributed by atoms with Gasteiger partial charge in [0.05, 0.1) is 5.69 Å². The summed E-state index contributed by atoms with van der Waals surface area (Å²) in [6.07, 6.45) is 0. The van der Waals surface area contributed by atoms with Crippen LogP contribution in [-0.4, -0.2) is 13.1 Å². The fourth-order valence-corrected chi connectivity index (χ4v) is 2.28. The highest BCUT2D eigenvalue weighted by Gasteiger charge is 2.03. The van der Waals surface area contributed by atoms with Gasteiger partial charge in [-0.3, -0.25) is 0 Å². The normalized spacial score (nSPS) is 10.5. The molecule has 0 bridgehead atoms. The molecule has 0 spiro atoms. The van der Waals surface area contributed by atoms with Crippen LogP contribution in [0.5, 0.6) is 0 Å². The quantitative estimate of drug-likeness (QED) is 0.855. The molecule has 3 N–H and O–H groups in total. The second kappa shape index (κ2) is 4.81. The van der Waals surface area contributed by atoms with E-state index < -0.39 is 0 Å². The summed E-state index contributed by atoms with van der Waals surface area (Å²) in [5, 5.41) is 5.90. The molecule has 0 amide bonds. The first-order valence-electron chi connectivity index (χ1n) is 4.94. The average molecular weight is 312 g/mol. The molecular weight excluding hydrogens is 299 g/mol. The maximum Gasteiger partial charge on any atom is 0.0555 e. The molecule has 0 saturated heterocycles. The minimum atomic E-state index is 0.652. The van der Waals surface area contributed by atoms with Crippen molar-refractivity contribution in [2.24, 2.45) is 5.73 Å². The Hall–Kier alpha value is -0.810. The number of rotatable bonds is 3. The molecular formula is C12H13IN2. The third kappa shape index (κ3) is 2.23. The first kappa shape index (κ1) is 10.7. The molecule has 0 unspecified atom stereocenters. The summed E-state index contributed by atoms with van der Waals surface area (Å²) in [5.74, 6) is 0. The molecule has 0 atom stereocenters. The Morgan fingerprint density at radius 3 is 2.73 bits per heavy atom. The Kier molecular flexibility index (Phi) is 3.43. The fourth-order valence-electron chi connectivity index (χ4n) is 1.62. The summed E-state index contributed by atoms with van der Waals surface area (Å²) in [5.41, 5.74) is 6.70. The Bertz CT molecular complexity index is 468. The number of anilines is 1. The van der Waals surface area contributed by atoms with Crippen LogP contribution >= 0.6 is 22.6 Å². The predicted molar refractivity (Wildman–Crippen MR) is 74.2 cm³/mol. The second-order valence-corrected chi connectivity index (χ2v) is 4.52. The minimum absolute atomic E-state index is 0.652. The third-order valence-electron chi connectivity index (χ3n) is 2.32. The Balaban J connectivity index is 2.53. The number of hydrogen-bond acceptors (Lipinski definition) is 2. The molecule has 0 aromatic heterocycles. The molecule has 0 aliphatic heterocycles. The third-order valence-corrected chi connectivity index (χ3v) is 3.22. The van der Waals surface area contributed by atoms with Gasteiger partial charge in [-0.2, -0.15) is 0 Å². The zero-order valence-electron chi connectivity index (χ0n) is 8.33. The van der Waals surface area contributed by atoms with Gasteiger partial charge in [0.15, 0.2) is 0 Å². The second-order valence-electron chi connectivity index (χ2n) is 3.36. The van der Waals surface area contributed by atoms with Crippen molar-refractivity contribution in [3.8, 4) is 0 Å². The van der Waals surface area contributed by atoms with Crippen molar-refractivity contribution in [3.63, 3.8) is 0 Å². The first-order valence-corrected chi connectivity index (χ1v) is 6.02. The van der Waals surface area contributed by atoms with E-state index in [9.17, 15) is 0 Å². The molecule has 0 heterocycles. The number of nitrogens with two attached hydrogens (primary N) is 1. The SMILES string of the molecule is NCCNc1c(I)ccc2ccccc12. The van der Waals surface area contributed by atoms with Gasteiger partial charge in [-0.25, -0.2) is 0 Å². The maximum absolute atomic E-state index is 5.51. The van der Waals surface area contributed by atoms with E-state index in [2.05, 4.69) is 64.3 Å². The van der Waals surface area contributed by atoms with Crippen LogP contribution in [0, 0.1) is 3.57 Å². The Morgan fingerprint density at radius 2 is 1.93 bits per heavy atom. The minimum Gasteiger partial charge on any atom is -0.382 e. The van der Waals surface area contributed by atoms with Crippen LogP contribution in [0.3, 0.4) is 0 Å². The Labute approximate surface area is 103 Å². The zero-order valence-corrected chi connectivity index (χ0v) is 10.5. The van der Waals surface area contributed by atoms with E-state index in [1.54, 1.807) is 0 Å². The summed E-state index contributed by atoms with van der Waals surface area (Å²) in [6.45, 7) is 1.46. The number of fused-ring (bicyclic) bond motifs is 1. The largest absolute Gasteiger partial charge is 0.382 e. The van der Waals surface area contributed by atoms with Gasteiger partial charge < -0.3 is 11.1 Å². The van der Waals surface area contributed by atoms with Crippen molar-refractivity contribution >= 4 is 39.1 Å². The van der Waals surface area contributed by atoms with Crippen LogP contribution in [0.15, 0.2) is 36.4 Å². The number of hydrogen-bond donors (Lipinski definition) is 2. The van der Waals surface area contributed by atoms with Gasteiger partial charge in [0.2, 0.25) is 0 Å². The first-order chi connectivity index (χ1) is 7.33. The smallest absolute Gasteiger partial charge is 0.0555 e. The lowest BCUT2D eigenvalue weighted by Gasteiger charge is -2.11. The molecule has 2 aromatic carbocycles. The highest BCUT2D eigenvalue weighted by atomic mass is 127. The van der Waals surface area contributed by atoms with Crippen LogP contribution in [0.1, 0.15) is 0 Å². The summed E-state index contributed by atoms with van der Waals surface area (Å²) >= 11 is 2.34. The highest BCUT2D eigenvalue weighted by Crippen LogP contribution is 2.28. The lowest BCUT2D eigenvalue weighted by molar-refractivity contribution is 1.03. The van der Waals surface area contributed by atoms with E-state index in [1.165, 1.54) is 20.0 Å². The van der Waals surface area contributed by atoms with Crippen molar-refractivity contribution in [1.29, 1.82) is 0 Å². The highest BCUT2D eigenvalue weighted by molar-refractivity contribution is 14.1. The van der Waals surface area contributed by atoms with E-state index in [0.29, 0.717) is 6.54 Å². The zero-order chi connectivity index (χ0) is 10.7. The predicted octanol–water partition coefficient (Wildman–Crippen LogP) is 2.82. The molecule has 0 fully saturated rings. The molecule has 2 aromatic rings. The van der Waals surface area contributed by atoms with Crippen molar-refractivity contribution in [1.82, 2.24) is 0 Å². The van der Waals surface area contributed by atoms with Gasteiger partial charge in [-0.15, -0.1) is 0 Å². The number of halogens is 1. The standard InChI is InChI=1S/C12H13IN2/c13-11-6-5-9-3-1-2-4-10(9)12(11)15-8-7-14/h1-6,15H,7-8,14H2. The van der Waals surface area contributed by atoms with Crippen LogP contribution in [-0.2, 0) is 0 Å². The van der Waals surface area contributed by atoms with E-state index in [0.717, 1.165) is 6.54 Å². The van der Waals surface area contributed by atoms with E-state index >= 15 is 0 Å². The summed E-state index contributed by atoms with van der Waals surface area (Å²) in [7, 11) is 0. The van der Waals surface area contributed by atoms with Crippen molar-refractivity contribution < 1.29 is 0 Å². The summed E-state index contributed by atoms with van der Waals surface area (Å²) in [6, 6.07) is 12.6. The summed E-state index contributed by atoms with van der Waals surface area (Å²) in [4.78, 5) is 0. The Morgan fingerprint density at radius 1 is 1.13 bits per heavy atom. The van der Waals surface area contributed by atoms with Gasteiger partial charge in [0.25, 0.3) is 0 Å². The molecule has 3 heteroatoms. The van der Waals surface area contributed by atoms with Crippen molar-refractivity contribution in [3.05, 3.63) is 40.0 Å². The van der Waals surface area contributed by atoms with E-state index in [-0.39, 0.29) is 0 Å². The van der Waals surface area contributed by atoms with Gasteiger partial charge >= 0.3 is 0 Å². The lowest BCUT2D eigenvalue weighted by atomic mass is 10.1. The van der Waals surface area contributed by atoms with E-state index in [4.69, 9.17) is 5.73 Å². The molecule has 15 heavy (non-hydrogen) atoms. The van der Waals surface area contributed by atoms with Gasteiger partial charge in [-0.05, 0) is 34.0 Å². The molecule has 78 valence electrons. The summed E-state index contributed by atoms with van der Waals surface area (Å²) < 4.78 is 1.24.